The summed E-state index contributed by atoms with van der Waals surface area (Å²) in [5.41, 5.74) is 3.80. The van der Waals surface area contributed by atoms with Crippen LogP contribution in [0, 0.1) is 6.92 Å². The van der Waals surface area contributed by atoms with Crippen LogP contribution in [0.3, 0.4) is 0 Å². The first-order valence-corrected chi connectivity index (χ1v) is 7.14. The molecule has 0 spiro atoms. The van der Waals surface area contributed by atoms with Gasteiger partial charge < -0.3 is 9.72 Å². The summed E-state index contributed by atoms with van der Waals surface area (Å²) in [4.78, 5) is 12.2. The van der Waals surface area contributed by atoms with E-state index in [0.717, 1.165) is 33.4 Å². The van der Waals surface area contributed by atoms with E-state index < -0.39 is 0 Å². The van der Waals surface area contributed by atoms with Gasteiger partial charge in [-0.05, 0) is 42.0 Å². The molecule has 0 atom stereocenters. The van der Waals surface area contributed by atoms with Gasteiger partial charge in [0.2, 0.25) is 0 Å². The molecule has 4 rings (SSSR count). The van der Waals surface area contributed by atoms with Gasteiger partial charge in [-0.2, -0.15) is 0 Å². The molecule has 4 aromatic rings. The zero-order valence-corrected chi connectivity index (χ0v) is 12.4. The van der Waals surface area contributed by atoms with Gasteiger partial charge in [0, 0.05) is 6.20 Å². The highest BCUT2D eigenvalue weighted by Gasteiger charge is 2.12. The molecule has 4 nitrogen and oxygen atoms in total. The first-order valence-electron chi connectivity index (χ1n) is 7.14. The van der Waals surface area contributed by atoms with E-state index in [4.69, 9.17) is 4.74 Å². The van der Waals surface area contributed by atoms with Crippen LogP contribution in [0.5, 0.6) is 5.75 Å². The molecule has 2 heterocycles. The number of H-pyrrole nitrogens is 1. The van der Waals surface area contributed by atoms with Crippen molar-refractivity contribution < 1.29 is 4.74 Å². The van der Waals surface area contributed by atoms with E-state index in [1.165, 1.54) is 5.56 Å². The fourth-order valence-electron chi connectivity index (χ4n) is 2.72. The number of methoxy groups -OCH3 is 1. The molecule has 1 N–H and O–H groups in total. The van der Waals surface area contributed by atoms with Crippen LogP contribution in [-0.2, 0) is 0 Å². The summed E-state index contributed by atoms with van der Waals surface area (Å²) in [6, 6.07) is 14.4. The van der Waals surface area contributed by atoms with Gasteiger partial charge in [0.1, 0.15) is 11.6 Å². The summed E-state index contributed by atoms with van der Waals surface area (Å²) >= 11 is 0. The number of aromatic nitrogens is 3. The van der Waals surface area contributed by atoms with Gasteiger partial charge in [-0.25, -0.2) is 9.97 Å². The van der Waals surface area contributed by atoms with Crippen molar-refractivity contribution in [1.82, 2.24) is 15.0 Å². The maximum Gasteiger partial charge on any atom is 0.178 e. The predicted octanol–water partition coefficient (Wildman–Crippen LogP) is 4.10. The first-order chi connectivity index (χ1) is 10.7. The Hall–Kier alpha value is -2.88. The molecule has 2 aromatic carbocycles. The van der Waals surface area contributed by atoms with Gasteiger partial charge in [-0.3, -0.25) is 0 Å². The Morgan fingerprint density at radius 1 is 1.05 bits per heavy atom. The van der Waals surface area contributed by atoms with Crippen LogP contribution < -0.4 is 4.74 Å². The van der Waals surface area contributed by atoms with Crippen LogP contribution in [0.15, 0.2) is 48.7 Å². The maximum absolute atomic E-state index is 5.56. The standard InChI is InChI=1S/C18H15N3O/c1-11-5-6-12-9-14(16(22-2)10-13(12)8-11)17-20-15-4-3-7-19-18(15)21-17/h3-10H,1-2H3,(H,19,20,21). The normalized spacial score (nSPS) is 11.2. The van der Waals surface area contributed by atoms with E-state index in [2.05, 4.69) is 52.2 Å². The van der Waals surface area contributed by atoms with Gasteiger partial charge in [0.05, 0.1) is 18.2 Å². The molecular formula is C18H15N3O. The smallest absolute Gasteiger partial charge is 0.178 e. The molecule has 4 heteroatoms. The van der Waals surface area contributed by atoms with E-state index in [9.17, 15) is 0 Å². The van der Waals surface area contributed by atoms with Gasteiger partial charge >= 0.3 is 0 Å². The van der Waals surface area contributed by atoms with Crippen molar-refractivity contribution in [2.75, 3.05) is 7.11 Å². The third-order valence-electron chi connectivity index (χ3n) is 3.83. The third-order valence-corrected chi connectivity index (χ3v) is 3.83. The monoisotopic (exact) mass is 289 g/mol. The molecule has 0 amide bonds. The molecule has 0 bridgehead atoms. The number of ether oxygens (including phenoxy) is 1. The van der Waals surface area contributed by atoms with Gasteiger partial charge in [0.15, 0.2) is 5.65 Å². The van der Waals surface area contributed by atoms with Gasteiger partial charge in [0.25, 0.3) is 0 Å². The zero-order valence-electron chi connectivity index (χ0n) is 12.4. The van der Waals surface area contributed by atoms with E-state index in [0.29, 0.717) is 5.65 Å². The zero-order chi connectivity index (χ0) is 15.1. The number of aromatic amines is 1. The van der Waals surface area contributed by atoms with Crippen molar-refractivity contribution in [1.29, 1.82) is 0 Å². The number of pyridine rings is 1. The molecular weight excluding hydrogens is 274 g/mol. The van der Waals surface area contributed by atoms with E-state index in [-0.39, 0.29) is 0 Å². The third kappa shape index (κ3) is 2.00. The molecule has 22 heavy (non-hydrogen) atoms. The number of hydrogen-bond acceptors (Lipinski definition) is 3. The molecule has 0 radical (unpaired) electrons. The highest BCUT2D eigenvalue weighted by molar-refractivity contribution is 5.91. The average Bonchev–Trinajstić information content (AvgIpc) is 2.97. The van der Waals surface area contributed by atoms with Crippen molar-refractivity contribution in [2.24, 2.45) is 0 Å². The summed E-state index contributed by atoms with van der Waals surface area (Å²) in [5, 5.41) is 2.32. The van der Waals surface area contributed by atoms with Crippen molar-refractivity contribution in [3.63, 3.8) is 0 Å². The Morgan fingerprint density at radius 2 is 1.95 bits per heavy atom. The van der Waals surface area contributed by atoms with Crippen LogP contribution in [0.25, 0.3) is 33.3 Å². The molecule has 0 aliphatic rings. The minimum Gasteiger partial charge on any atom is -0.496 e. The second kappa shape index (κ2) is 4.84. The Labute approximate surface area is 127 Å². The quantitative estimate of drug-likeness (QED) is 0.604. The fraction of sp³-hybridized carbons (Fsp3) is 0.111. The van der Waals surface area contributed by atoms with Gasteiger partial charge in [-0.1, -0.05) is 23.8 Å². The molecule has 0 saturated heterocycles. The van der Waals surface area contributed by atoms with Crippen molar-refractivity contribution >= 4 is 21.9 Å². The first kappa shape index (κ1) is 12.8. The van der Waals surface area contributed by atoms with Crippen LogP contribution in [0.4, 0.5) is 0 Å². The molecule has 0 fully saturated rings. The van der Waals surface area contributed by atoms with Crippen LogP contribution in [0.1, 0.15) is 5.56 Å². The second-order valence-corrected chi connectivity index (χ2v) is 5.36. The molecule has 0 aliphatic carbocycles. The number of rotatable bonds is 2. The largest absolute Gasteiger partial charge is 0.496 e. The summed E-state index contributed by atoms with van der Waals surface area (Å²) < 4.78 is 5.56. The van der Waals surface area contributed by atoms with Gasteiger partial charge in [-0.15, -0.1) is 0 Å². The van der Waals surface area contributed by atoms with Crippen molar-refractivity contribution in [3.8, 4) is 17.1 Å². The Bertz CT molecular complexity index is 955. The Balaban J connectivity index is 1.98. The van der Waals surface area contributed by atoms with Crippen molar-refractivity contribution in [3.05, 3.63) is 54.2 Å². The SMILES string of the molecule is COc1cc2cc(C)ccc2cc1-c1nc2ncccc2[nH]1. The van der Waals surface area contributed by atoms with E-state index in [1.54, 1.807) is 13.3 Å². The molecule has 0 aliphatic heterocycles. The lowest BCUT2D eigenvalue weighted by Gasteiger charge is -2.09. The highest BCUT2D eigenvalue weighted by Crippen LogP contribution is 2.33. The Morgan fingerprint density at radius 3 is 2.77 bits per heavy atom. The molecule has 2 aromatic heterocycles. The number of benzene rings is 2. The minimum absolute atomic E-state index is 0.712. The maximum atomic E-state index is 5.56. The lowest BCUT2D eigenvalue weighted by atomic mass is 10.0. The van der Waals surface area contributed by atoms with Crippen LogP contribution in [-0.4, -0.2) is 22.1 Å². The lowest BCUT2D eigenvalue weighted by molar-refractivity contribution is 0.417. The predicted molar refractivity (Wildman–Crippen MR) is 88.1 cm³/mol. The highest BCUT2D eigenvalue weighted by atomic mass is 16.5. The Kier molecular flexibility index (Phi) is 2.82. The van der Waals surface area contributed by atoms with E-state index >= 15 is 0 Å². The summed E-state index contributed by atoms with van der Waals surface area (Å²) in [7, 11) is 1.68. The summed E-state index contributed by atoms with van der Waals surface area (Å²) in [6.45, 7) is 2.09. The number of imidazole rings is 1. The van der Waals surface area contributed by atoms with Crippen LogP contribution in [0.2, 0.25) is 0 Å². The average molecular weight is 289 g/mol. The number of nitrogens with one attached hydrogen (secondary N) is 1. The lowest BCUT2D eigenvalue weighted by Crippen LogP contribution is -1.90. The topological polar surface area (TPSA) is 50.8 Å². The van der Waals surface area contributed by atoms with E-state index in [1.807, 2.05) is 12.1 Å². The molecule has 0 unspecified atom stereocenters. The second-order valence-electron chi connectivity index (χ2n) is 5.36. The molecule has 0 saturated carbocycles. The summed E-state index contributed by atoms with van der Waals surface area (Å²) in [5.74, 6) is 1.57. The number of fused-ring (bicyclic) bond motifs is 2. The minimum atomic E-state index is 0.712. The summed E-state index contributed by atoms with van der Waals surface area (Å²) in [6.07, 6.45) is 1.74. The molecule has 108 valence electrons. The fourth-order valence-corrected chi connectivity index (χ4v) is 2.72. The number of hydrogen-bond donors (Lipinski definition) is 1. The van der Waals surface area contributed by atoms with Crippen molar-refractivity contribution in [2.45, 2.75) is 6.92 Å². The number of nitrogens with zero attached hydrogens (tertiary/aromatic N) is 2. The number of aryl methyl sites for hydroxylation is 1. The van der Waals surface area contributed by atoms with Crippen LogP contribution >= 0.6 is 0 Å².